The molecule has 0 aliphatic heterocycles. The molecule has 28 heavy (non-hydrogen) atoms. The van der Waals surface area contributed by atoms with Crippen LogP contribution in [0.1, 0.15) is 40.9 Å². The standard InChI is InChI=1S/C24H22O4/c1-24(27,17-21(25)18-11-5-2-6-12-18)23(26)28-22(19-13-7-3-8-14-19)20-15-9-4-10-16-20/h2-16,22,27H,17H2,1H3. The number of ether oxygens (including phenoxy) is 1. The molecule has 1 N–H and O–H groups in total. The largest absolute Gasteiger partial charge is 0.450 e. The lowest BCUT2D eigenvalue weighted by Crippen LogP contribution is -2.39. The summed E-state index contributed by atoms with van der Waals surface area (Å²) in [5.41, 5.74) is 0.0760. The van der Waals surface area contributed by atoms with Gasteiger partial charge in [0.25, 0.3) is 0 Å². The molecular formula is C24H22O4. The minimum absolute atomic E-state index is 0.321. The van der Waals surface area contributed by atoms with E-state index < -0.39 is 17.7 Å². The van der Waals surface area contributed by atoms with Crippen LogP contribution in [0, 0.1) is 0 Å². The van der Waals surface area contributed by atoms with Crippen molar-refractivity contribution in [3.05, 3.63) is 108 Å². The van der Waals surface area contributed by atoms with E-state index in [1.165, 1.54) is 6.92 Å². The number of hydrogen-bond donors (Lipinski definition) is 1. The summed E-state index contributed by atoms with van der Waals surface area (Å²) in [6, 6.07) is 27.2. The molecule has 0 spiro atoms. The Morgan fingerprint density at radius 1 is 0.821 bits per heavy atom. The highest BCUT2D eigenvalue weighted by molar-refractivity contribution is 5.99. The van der Waals surface area contributed by atoms with Crippen molar-refractivity contribution < 1.29 is 19.4 Å². The van der Waals surface area contributed by atoms with Gasteiger partial charge in [-0.2, -0.15) is 0 Å². The molecule has 0 aliphatic carbocycles. The van der Waals surface area contributed by atoms with Gasteiger partial charge in [-0.3, -0.25) is 4.79 Å². The summed E-state index contributed by atoms with van der Waals surface area (Å²) in [6.45, 7) is 1.31. The van der Waals surface area contributed by atoms with Crippen LogP contribution in [-0.4, -0.2) is 22.5 Å². The summed E-state index contributed by atoms with van der Waals surface area (Å²) in [6.07, 6.45) is -1.03. The number of hydrogen-bond acceptors (Lipinski definition) is 4. The number of esters is 1. The third kappa shape index (κ3) is 4.72. The number of aliphatic hydroxyl groups is 1. The summed E-state index contributed by atoms with van der Waals surface area (Å²) < 4.78 is 5.68. The van der Waals surface area contributed by atoms with Crippen molar-refractivity contribution in [2.45, 2.75) is 25.0 Å². The zero-order chi connectivity index (χ0) is 20.0. The zero-order valence-corrected chi connectivity index (χ0v) is 15.6. The minimum Gasteiger partial charge on any atom is -0.450 e. The van der Waals surface area contributed by atoms with E-state index in [1.54, 1.807) is 30.3 Å². The molecule has 0 amide bonds. The van der Waals surface area contributed by atoms with Crippen LogP contribution >= 0.6 is 0 Å². The number of ketones is 1. The first-order valence-electron chi connectivity index (χ1n) is 9.09. The third-order valence-corrected chi connectivity index (χ3v) is 4.47. The second-order valence-corrected chi connectivity index (χ2v) is 6.85. The lowest BCUT2D eigenvalue weighted by molar-refractivity contribution is -0.167. The van der Waals surface area contributed by atoms with E-state index in [0.29, 0.717) is 5.56 Å². The molecular weight excluding hydrogens is 352 g/mol. The second-order valence-electron chi connectivity index (χ2n) is 6.85. The summed E-state index contributed by atoms with van der Waals surface area (Å²) in [4.78, 5) is 25.2. The van der Waals surface area contributed by atoms with Crippen LogP contribution < -0.4 is 0 Å². The maximum Gasteiger partial charge on any atom is 0.339 e. The van der Waals surface area contributed by atoms with Crippen molar-refractivity contribution in [1.82, 2.24) is 0 Å². The number of Topliss-reactive ketones (excluding diaryl/α,β-unsaturated/α-hetero) is 1. The molecule has 1 atom stereocenters. The van der Waals surface area contributed by atoms with E-state index >= 15 is 0 Å². The minimum atomic E-state index is -1.94. The predicted molar refractivity (Wildman–Crippen MR) is 107 cm³/mol. The molecule has 0 radical (unpaired) electrons. The molecule has 142 valence electrons. The van der Waals surface area contributed by atoms with Crippen molar-refractivity contribution in [1.29, 1.82) is 0 Å². The fourth-order valence-electron chi connectivity index (χ4n) is 2.93. The van der Waals surface area contributed by atoms with Crippen LogP contribution in [-0.2, 0) is 9.53 Å². The number of carbonyl (C=O) groups excluding carboxylic acids is 2. The van der Waals surface area contributed by atoms with Crippen molar-refractivity contribution in [2.75, 3.05) is 0 Å². The maximum absolute atomic E-state index is 12.8. The van der Waals surface area contributed by atoms with Gasteiger partial charge in [0.1, 0.15) is 0 Å². The smallest absolute Gasteiger partial charge is 0.339 e. The Labute approximate surface area is 164 Å². The SMILES string of the molecule is CC(O)(CC(=O)c1ccccc1)C(=O)OC(c1ccccc1)c1ccccc1. The molecule has 0 heterocycles. The Hall–Kier alpha value is -3.24. The van der Waals surface area contributed by atoms with E-state index in [0.717, 1.165) is 11.1 Å². The first-order chi connectivity index (χ1) is 13.5. The topological polar surface area (TPSA) is 63.6 Å². The first kappa shape index (κ1) is 19.5. The average molecular weight is 374 g/mol. The molecule has 0 saturated heterocycles. The third-order valence-electron chi connectivity index (χ3n) is 4.47. The van der Waals surface area contributed by atoms with E-state index in [2.05, 4.69) is 0 Å². The van der Waals surface area contributed by atoms with Crippen LogP contribution in [0.3, 0.4) is 0 Å². The monoisotopic (exact) mass is 374 g/mol. The molecule has 1 unspecified atom stereocenters. The summed E-state index contributed by atoms with van der Waals surface area (Å²) in [7, 11) is 0. The fraction of sp³-hybridized carbons (Fsp3) is 0.167. The van der Waals surface area contributed by atoms with Gasteiger partial charge in [-0.05, 0) is 18.1 Å². The number of benzene rings is 3. The highest BCUT2D eigenvalue weighted by Gasteiger charge is 2.37. The highest BCUT2D eigenvalue weighted by Crippen LogP contribution is 2.28. The van der Waals surface area contributed by atoms with Gasteiger partial charge < -0.3 is 9.84 Å². The molecule has 4 nitrogen and oxygen atoms in total. The highest BCUT2D eigenvalue weighted by atomic mass is 16.6. The molecule has 0 aliphatic rings. The van der Waals surface area contributed by atoms with E-state index in [1.807, 2.05) is 60.7 Å². The van der Waals surface area contributed by atoms with Gasteiger partial charge >= 0.3 is 5.97 Å². The van der Waals surface area contributed by atoms with Crippen molar-refractivity contribution in [3.8, 4) is 0 Å². The summed E-state index contributed by atoms with van der Waals surface area (Å²) in [5, 5.41) is 10.7. The molecule has 3 aromatic rings. The molecule has 0 fully saturated rings. The zero-order valence-electron chi connectivity index (χ0n) is 15.6. The molecule has 0 bridgehead atoms. The first-order valence-corrected chi connectivity index (χ1v) is 9.09. The Morgan fingerprint density at radius 2 is 1.25 bits per heavy atom. The lowest BCUT2D eigenvalue weighted by atomic mass is 9.95. The van der Waals surface area contributed by atoms with Crippen LogP contribution in [0.4, 0.5) is 0 Å². The quantitative estimate of drug-likeness (QED) is 0.493. The second kappa shape index (κ2) is 8.63. The van der Waals surface area contributed by atoms with Crippen molar-refractivity contribution in [3.63, 3.8) is 0 Å². The van der Waals surface area contributed by atoms with Crippen LogP contribution in [0.2, 0.25) is 0 Å². The van der Waals surface area contributed by atoms with Gasteiger partial charge in [0.05, 0.1) is 6.42 Å². The van der Waals surface area contributed by atoms with Gasteiger partial charge in [-0.1, -0.05) is 91.0 Å². The Morgan fingerprint density at radius 3 is 1.71 bits per heavy atom. The lowest BCUT2D eigenvalue weighted by Gasteiger charge is -2.25. The fourth-order valence-corrected chi connectivity index (χ4v) is 2.93. The van der Waals surface area contributed by atoms with E-state index in [-0.39, 0.29) is 12.2 Å². The van der Waals surface area contributed by atoms with E-state index in [9.17, 15) is 14.7 Å². The van der Waals surface area contributed by atoms with Crippen LogP contribution in [0.15, 0.2) is 91.0 Å². The summed E-state index contributed by atoms with van der Waals surface area (Å²) >= 11 is 0. The number of rotatable bonds is 7. The van der Waals surface area contributed by atoms with Crippen LogP contribution in [0.5, 0.6) is 0 Å². The van der Waals surface area contributed by atoms with Crippen molar-refractivity contribution >= 4 is 11.8 Å². The molecule has 3 aromatic carbocycles. The molecule has 3 rings (SSSR count). The Bertz CT molecular complexity index is 879. The molecule has 0 aromatic heterocycles. The van der Waals surface area contributed by atoms with Gasteiger partial charge in [0.15, 0.2) is 17.5 Å². The molecule has 0 saturated carbocycles. The Balaban J connectivity index is 1.80. The van der Waals surface area contributed by atoms with Gasteiger partial charge in [0, 0.05) is 5.56 Å². The predicted octanol–water partition coefficient (Wildman–Crippen LogP) is 4.34. The Kier molecular flexibility index (Phi) is 6.02. The average Bonchev–Trinajstić information content (AvgIpc) is 2.73. The van der Waals surface area contributed by atoms with Gasteiger partial charge in [0.2, 0.25) is 0 Å². The van der Waals surface area contributed by atoms with Crippen molar-refractivity contribution in [2.24, 2.45) is 0 Å². The van der Waals surface area contributed by atoms with Gasteiger partial charge in [-0.25, -0.2) is 4.79 Å². The maximum atomic E-state index is 12.8. The molecule has 4 heteroatoms. The summed E-state index contributed by atoms with van der Waals surface area (Å²) in [5.74, 6) is -1.16. The van der Waals surface area contributed by atoms with Crippen LogP contribution in [0.25, 0.3) is 0 Å². The normalized spacial score (nSPS) is 13.0. The van der Waals surface area contributed by atoms with E-state index in [4.69, 9.17) is 4.74 Å². The van der Waals surface area contributed by atoms with Gasteiger partial charge in [-0.15, -0.1) is 0 Å². The number of carbonyl (C=O) groups is 2.